The molecule has 0 saturated carbocycles. The molecule has 1 atom stereocenters. The summed E-state index contributed by atoms with van der Waals surface area (Å²) < 4.78 is 45.5. The lowest BCUT2D eigenvalue weighted by atomic mass is 10.2. The third-order valence-electron chi connectivity index (χ3n) is 4.70. The number of sulfonamides is 1. The summed E-state index contributed by atoms with van der Waals surface area (Å²) in [6.45, 7) is 0.503. The first-order chi connectivity index (χ1) is 14.8. The number of carbonyl (C=O) groups is 2. The van der Waals surface area contributed by atoms with Crippen molar-refractivity contribution in [2.45, 2.75) is 30.4 Å². The smallest absolute Gasteiger partial charge is 0.241 e. The number of hydrogen-bond acceptors (Lipinski definition) is 6. The van der Waals surface area contributed by atoms with Gasteiger partial charge in [0, 0.05) is 18.0 Å². The fourth-order valence-electron chi connectivity index (χ4n) is 3.05. The Hall–Kier alpha value is -2.34. The van der Waals surface area contributed by atoms with Crippen LogP contribution in [-0.2, 0) is 30.9 Å². The Morgan fingerprint density at radius 3 is 2.65 bits per heavy atom. The number of amides is 2. The number of nitrogens with one attached hydrogen (secondary N) is 2. The molecule has 0 spiro atoms. The number of ether oxygens (including phenoxy) is 1. The zero-order chi connectivity index (χ0) is 22.3. The summed E-state index contributed by atoms with van der Waals surface area (Å²) in [5.41, 5.74) is 0. The molecule has 0 bridgehead atoms. The maximum absolute atomic E-state index is 13.0. The molecule has 1 saturated heterocycles. The van der Waals surface area contributed by atoms with Gasteiger partial charge in [-0.25, -0.2) is 17.5 Å². The number of benzene rings is 1. The molecule has 2 N–H and O–H groups in total. The third kappa shape index (κ3) is 7.10. The number of nitrogens with zero attached hydrogens (tertiary/aromatic N) is 1. The van der Waals surface area contributed by atoms with Gasteiger partial charge in [0.1, 0.15) is 5.82 Å². The molecule has 8 nitrogen and oxygen atoms in total. The number of rotatable bonds is 10. The van der Waals surface area contributed by atoms with Crippen LogP contribution < -0.4 is 10.0 Å². The van der Waals surface area contributed by atoms with Crippen molar-refractivity contribution in [3.63, 3.8) is 0 Å². The van der Waals surface area contributed by atoms with E-state index in [1.54, 1.807) is 0 Å². The minimum atomic E-state index is -4.00. The molecule has 2 aromatic rings. The van der Waals surface area contributed by atoms with E-state index in [1.807, 2.05) is 17.5 Å². The van der Waals surface area contributed by atoms with Crippen LogP contribution in [0.4, 0.5) is 4.39 Å². The summed E-state index contributed by atoms with van der Waals surface area (Å²) in [7, 11) is -4.00. The molecule has 31 heavy (non-hydrogen) atoms. The van der Waals surface area contributed by atoms with Gasteiger partial charge < -0.3 is 15.0 Å². The first-order valence-electron chi connectivity index (χ1n) is 9.77. The average molecular weight is 470 g/mol. The van der Waals surface area contributed by atoms with E-state index in [9.17, 15) is 22.4 Å². The van der Waals surface area contributed by atoms with Gasteiger partial charge in [-0.3, -0.25) is 9.59 Å². The van der Waals surface area contributed by atoms with Gasteiger partial charge in [-0.1, -0.05) is 6.07 Å². The number of thiophene rings is 1. The molecular formula is C20H24FN3O5S2. The van der Waals surface area contributed by atoms with Crippen LogP contribution >= 0.6 is 11.3 Å². The van der Waals surface area contributed by atoms with E-state index >= 15 is 0 Å². The molecule has 168 valence electrons. The molecular weight excluding hydrogens is 445 g/mol. The Balaban J connectivity index is 1.59. The van der Waals surface area contributed by atoms with Gasteiger partial charge in [0.2, 0.25) is 21.8 Å². The fourth-order valence-corrected chi connectivity index (χ4v) is 4.74. The van der Waals surface area contributed by atoms with E-state index in [-0.39, 0.29) is 30.0 Å². The Kier molecular flexibility index (Phi) is 8.13. The van der Waals surface area contributed by atoms with Crippen molar-refractivity contribution in [2.24, 2.45) is 0 Å². The third-order valence-corrected chi connectivity index (χ3v) is 6.98. The molecule has 1 fully saturated rings. The lowest BCUT2D eigenvalue weighted by Crippen LogP contribution is -2.45. The minimum Gasteiger partial charge on any atom is -0.376 e. The lowest BCUT2D eigenvalue weighted by molar-refractivity contribution is -0.135. The second-order valence-electron chi connectivity index (χ2n) is 7.05. The van der Waals surface area contributed by atoms with Crippen molar-refractivity contribution in [3.8, 4) is 0 Å². The van der Waals surface area contributed by atoms with E-state index < -0.39 is 28.3 Å². The van der Waals surface area contributed by atoms with Gasteiger partial charge in [-0.05, 0) is 48.6 Å². The molecule has 11 heteroatoms. The topological polar surface area (TPSA) is 105 Å². The Morgan fingerprint density at radius 2 is 2.00 bits per heavy atom. The van der Waals surface area contributed by atoms with Crippen molar-refractivity contribution >= 4 is 33.2 Å². The first-order valence-corrected chi connectivity index (χ1v) is 12.1. The first kappa shape index (κ1) is 23.3. The number of carbonyl (C=O) groups excluding carboxylic acids is 2. The predicted molar refractivity (Wildman–Crippen MR) is 113 cm³/mol. The molecule has 2 amide bonds. The second-order valence-corrected chi connectivity index (χ2v) is 9.85. The molecule has 1 aliphatic rings. The van der Waals surface area contributed by atoms with Crippen molar-refractivity contribution < 1.29 is 27.1 Å². The zero-order valence-corrected chi connectivity index (χ0v) is 18.4. The largest absolute Gasteiger partial charge is 0.376 e. The zero-order valence-electron chi connectivity index (χ0n) is 16.8. The standard InChI is InChI=1S/C20H24FN3O5S2/c21-15-5-7-18(8-6-15)31(27,28)23-12-20(26)24(13-17-4-2-10-30-17)14-19(25)22-11-16-3-1-9-29-16/h2,4-8,10,16,23H,1,3,9,11-14H2,(H,22,25)/t16-/m1/s1. The summed E-state index contributed by atoms with van der Waals surface area (Å²) in [5, 5.41) is 4.62. The average Bonchev–Trinajstić information content (AvgIpc) is 3.44. The van der Waals surface area contributed by atoms with Crippen LogP contribution in [0, 0.1) is 5.82 Å². The SMILES string of the molecule is O=C(CN(Cc1cccs1)C(=O)CNS(=O)(=O)c1ccc(F)cc1)NC[C@H]1CCCO1. The quantitative estimate of drug-likeness (QED) is 0.549. The van der Waals surface area contributed by atoms with Crippen LogP contribution in [0.25, 0.3) is 0 Å². The lowest BCUT2D eigenvalue weighted by Gasteiger charge is -2.22. The van der Waals surface area contributed by atoms with Gasteiger partial charge in [-0.2, -0.15) is 0 Å². The normalized spacial score (nSPS) is 16.2. The maximum atomic E-state index is 13.0. The molecule has 0 unspecified atom stereocenters. The van der Waals surface area contributed by atoms with Crippen LogP contribution in [0.3, 0.4) is 0 Å². The van der Waals surface area contributed by atoms with Crippen LogP contribution in [0.1, 0.15) is 17.7 Å². The van der Waals surface area contributed by atoms with Crippen molar-refractivity contribution in [1.82, 2.24) is 14.9 Å². The molecule has 1 aromatic heterocycles. The van der Waals surface area contributed by atoms with E-state index in [2.05, 4.69) is 10.0 Å². The van der Waals surface area contributed by atoms with Crippen LogP contribution in [-0.4, -0.2) is 57.5 Å². The molecule has 0 radical (unpaired) electrons. The van der Waals surface area contributed by atoms with E-state index in [4.69, 9.17) is 4.74 Å². The summed E-state index contributed by atoms with van der Waals surface area (Å²) in [6.07, 6.45) is 1.81. The van der Waals surface area contributed by atoms with E-state index in [0.29, 0.717) is 13.2 Å². The van der Waals surface area contributed by atoms with E-state index in [0.717, 1.165) is 42.0 Å². The minimum absolute atomic E-state index is 0.0204. The Labute approximate surface area is 184 Å². The summed E-state index contributed by atoms with van der Waals surface area (Å²) in [4.78, 5) is 27.1. The summed E-state index contributed by atoms with van der Waals surface area (Å²) in [6, 6.07) is 7.94. The molecule has 2 heterocycles. The van der Waals surface area contributed by atoms with Crippen molar-refractivity contribution in [2.75, 3.05) is 26.2 Å². The highest BCUT2D eigenvalue weighted by atomic mass is 32.2. The Morgan fingerprint density at radius 1 is 1.23 bits per heavy atom. The molecule has 0 aliphatic carbocycles. The highest BCUT2D eigenvalue weighted by Crippen LogP contribution is 2.13. The van der Waals surface area contributed by atoms with E-state index in [1.165, 1.54) is 16.2 Å². The molecule has 1 aromatic carbocycles. The van der Waals surface area contributed by atoms with Crippen LogP contribution in [0.2, 0.25) is 0 Å². The van der Waals surface area contributed by atoms with Crippen LogP contribution in [0.5, 0.6) is 0 Å². The van der Waals surface area contributed by atoms with Gasteiger partial charge >= 0.3 is 0 Å². The highest BCUT2D eigenvalue weighted by Gasteiger charge is 2.22. The predicted octanol–water partition coefficient (Wildman–Crippen LogP) is 1.49. The molecule has 3 rings (SSSR count). The van der Waals surface area contributed by atoms with Crippen LogP contribution in [0.15, 0.2) is 46.7 Å². The maximum Gasteiger partial charge on any atom is 0.241 e. The van der Waals surface area contributed by atoms with Gasteiger partial charge in [-0.15, -0.1) is 11.3 Å². The van der Waals surface area contributed by atoms with Crippen molar-refractivity contribution in [1.29, 1.82) is 0 Å². The Bertz CT molecular complexity index is 975. The molecule has 1 aliphatic heterocycles. The van der Waals surface area contributed by atoms with Gasteiger partial charge in [0.25, 0.3) is 0 Å². The van der Waals surface area contributed by atoms with Crippen molar-refractivity contribution in [3.05, 3.63) is 52.5 Å². The number of halogens is 1. The summed E-state index contributed by atoms with van der Waals surface area (Å²) >= 11 is 1.43. The second kappa shape index (κ2) is 10.8. The van der Waals surface area contributed by atoms with Gasteiger partial charge in [0.05, 0.1) is 30.6 Å². The highest BCUT2D eigenvalue weighted by molar-refractivity contribution is 7.89. The summed E-state index contributed by atoms with van der Waals surface area (Å²) in [5.74, 6) is -1.46. The number of hydrogen-bond donors (Lipinski definition) is 2. The monoisotopic (exact) mass is 469 g/mol. The fraction of sp³-hybridized carbons (Fsp3) is 0.400. The van der Waals surface area contributed by atoms with Gasteiger partial charge in [0.15, 0.2) is 0 Å².